The number of hydrogen-bond acceptors (Lipinski definition) is 4. The lowest BCUT2D eigenvalue weighted by Gasteiger charge is -2.04. The standard InChI is InChI=1S/C14H15N5O2/c1-4-19-8(2)10(7-16-19)9-5-6-15-13-11(9)12(14(20)21)17-18(13)3/h5-7H,4H2,1-3H3,(H,20,21). The average molecular weight is 285 g/mol. The van der Waals surface area contributed by atoms with Crippen molar-refractivity contribution in [2.45, 2.75) is 20.4 Å². The fourth-order valence-electron chi connectivity index (χ4n) is 2.58. The van der Waals surface area contributed by atoms with Crippen LogP contribution >= 0.6 is 0 Å². The number of rotatable bonds is 3. The van der Waals surface area contributed by atoms with Crippen molar-refractivity contribution >= 4 is 17.0 Å². The second-order valence-electron chi connectivity index (χ2n) is 4.79. The average Bonchev–Trinajstić information content (AvgIpc) is 3.00. The number of aromatic nitrogens is 5. The maximum Gasteiger partial charge on any atom is 0.357 e. The molecule has 3 heterocycles. The summed E-state index contributed by atoms with van der Waals surface area (Å²) >= 11 is 0. The molecule has 7 heteroatoms. The minimum atomic E-state index is -1.06. The van der Waals surface area contributed by atoms with Crippen LogP contribution in [0, 0.1) is 6.92 Å². The van der Waals surface area contributed by atoms with Crippen molar-refractivity contribution in [2.75, 3.05) is 0 Å². The SMILES string of the molecule is CCn1ncc(-c2ccnc3c2c(C(=O)O)nn3C)c1C. The van der Waals surface area contributed by atoms with Gasteiger partial charge in [0.2, 0.25) is 0 Å². The Hall–Kier alpha value is -2.70. The fraction of sp³-hybridized carbons (Fsp3) is 0.286. The van der Waals surface area contributed by atoms with Crippen LogP contribution in [0.15, 0.2) is 18.5 Å². The summed E-state index contributed by atoms with van der Waals surface area (Å²) in [5.41, 5.74) is 3.25. The van der Waals surface area contributed by atoms with Crippen LogP contribution in [-0.4, -0.2) is 35.6 Å². The van der Waals surface area contributed by atoms with Crippen molar-refractivity contribution in [3.05, 3.63) is 29.8 Å². The van der Waals surface area contributed by atoms with Crippen molar-refractivity contribution in [1.29, 1.82) is 0 Å². The maximum atomic E-state index is 11.4. The summed E-state index contributed by atoms with van der Waals surface area (Å²) in [7, 11) is 1.69. The van der Waals surface area contributed by atoms with Crippen LogP contribution in [0.5, 0.6) is 0 Å². The lowest BCUT2D eigenvalue weighted by atomic mass is 10.0. The van der Waals surface area contributed by atoms with Gasteiger partial charge in [0.25, 0.3) is 0 Å². The van der Waals surface area contributed by atoms with E-state index in [2.05, 4.69) is 15.2 Å². The molecule has 108 valence electrons. The van der Waals surface area contributed by atoms with E-state index in [-0.39, 0.29) is 5.69 Å². The molecule has 0 atom stereocenters. The van der Waals surface area contributed by atoms with Gasteiger partial charge in [-0.3, -0.25) is 4.68 Å². The summed E-state index contributed by atoms with van der Waals surface area (Å²) in [6, 6.07) is 1.81. The Kier molecular flexibility index (Phi) is 2.97. The maximum absolute atomic E-state index is 11.4. The molecule has 3 aromatic heterocycles. The van der Waals surface area contributed by atoms with Crippen LogP contribution in [0.4, 0.5) is 0 Å². The van der Waals surface area contributed by atoms with Crippen LogP contribution in [0.3, 0.4) is 0 Å². The molecule has 7 nitrogen and oxygen atoms in total. The van der Waals surface area contributed by atoms with Gasteiger partial charge in [0.1, 0.15) is 0 Å². The quantitative estimate of drug-likeness (QED) is 0.793. The number of carboxylic acid groups (broad SMARTS) is 1. The first-order valence-corrected chi connectivity index (χ1v) is 6.62. The van der Waals surface area contributed by atoms with E-state index in [1.807, 2.05) is 18.5 Å². The summed E-state index contributed by atoms with van der Waals surface area (Å²) in [5.74, 6) is -1.06. The molecule has 0 saturated heterocycles. The minimum absolute atomic E-state index is 0.0132. The Morgan fingerprint density at radius 2 is 2.14 bits per heavy atom. The number of fused-ring (bicyclic) bond motifs is 1. The smallest absolute Gasteiger partial charge is 0.357 e. The van der Waals surface area contributed by atoms with Gasteiger partial charge < -0.3 is 5.11 Å². The van der Waals surface area contributed by atoms with E-state index in [0.717, 1.165) is 23.4 Å². The summed E-state index contributed by atoms with van der Waals surface area (Å²) in [6.07, 6.45) is 3.42. The lowest BCUT2D eigenvalue weighted by Crippen LogP contribution is -2.00. The largest absolute Gasteiger partial charge is 0.476 e. The van der Waals surface area contributed by atoms with Crippen molar-refractivity contribution in [3.63, 3.8) is 0 Å². The number of carbonyl (C=O) groups is 1. The van der Waals surface area contributed by atoms with E-state index in [1.54, 1.807) is 25.5 Å². The monoisotopic (exact) mass is 285 g/mol. The van der Waals surface area contributed by atoms with Gasteiger partial charge in [-0.1, -0.05) is 0 Å². The van der Waals surface area contributed by atoms with E-state index >= 15 is 0 Å². The molecule has 0 aliphatic heterocycles. The predicted octanol–water partition coefficient (Wildman–Crippen LogP) is 1.86. The minimum Gasteiger partial charge on any atom is -0.476 e. The van der Waals surface area contributed by atoms with Gasteiger partial charge >= 0.3 is 5.97 Å². The van der Waals surface area contributed by atoms with Crippen molar-refractivity contribution < 1.29 is 9.90 Å². The second-order valence-corrected chi connectivity index (χ2v) is 4.79. The molecule has 0 amide bonds. The zero-order valence-electron chi connectivity index (χ0n) is 12.0. The number of carboxylic acids is 1. The van der Waals surface area contributed by atoms with Gasteiger partial charge in [-0.2, -0.15) is 10.2 Å². The zero-order chi connectivity index (χ0) is 15.1. The molecule has 3 rings (SSSR count). The first kappa shape index (κ1) is 13.3. The summed E-state index contributed by atoms with van der Waals surface area (Å²) in [6.45, 7) is 4.74. The topological polar surface area (TPSA) is 85.8 Å². The molecule has 0 fully saturated rings. The van der Waals surface area contributed by atoms with Gasteiger partial charge in [-0.25, -0.2) is 14.5 Å². The molecular weight excluding hydrogens is 270 g/mol. The highest BCUT2D eigenvalue weighted by Crippen LogP contribution is 2.31. The van der Waals surface area contributed by atoms with E-state index in [0.29, 0.717) is 11.0 Å². The van der Waals surface area contributed by atoms with Gasteiger partial charge in [0, 0.05) is 36.6 Å². The number of pyridine rings is 1. The molecule has 0 bridgehead atoms. The Bertz CT molecular complexity index is 847. The van der Waals surface area contributed by atoms with Crippen LogP contribution < -0.4 is 0 Å². The molecule has 0 aliphatic carbocycles. The van der Waals surface area contributed by atoms with Crippen molar-refractivity contribution in [3.8, 4) is 11.1 Å². The van der Waals surface area contributed by atoms with E-state index in [1.165, 1.54) is 4.68 Å². The highest BCUT2D eigenvalue weighted by atomic mass is 16.4. The van der Waals surface area contributed by atoms with Gasteiger partial charge in [-0.15, -0.1) is 0 Å². The Balaban J connectivity index is 2.37. The molecule has 0 aromatic carbocycles. The third-order valence-electron chi connectivity index (χ3n) is 3.62. The first-order chi connectivity index (χ1) is 10.0. The first-order valence-electron chi connectivity index (χ1n) is 6.62. The van der Waals surface area contributed by atoms with Crippen LogP contribution in [0.25, 0.3) is 22.2 Å². The molecule has 3 aromatic rings. The molecule has 0 unspecified atom stereocenters. The molecule has 0 saturated carbocycles. The number of hydrogen-bond donors (Lipinski definition) is 1. The third kappa shape index (κ3) is 1.89. The normalized spacial score (nSPS) is 11.2. The molecule has 1 N–H and O–H groups in total. The molecule has 0 spiro atoms. The summed E-state index contributed by atoms with van der Waals surface area (Å²) in [4.78, 5) is 15.7. The molecule has 0 radical (unpaired) electrons. The number of aromatic carboxylic acids is 1. The summed E-state index contributed by atoms with van der Waals surface area (Å²) in [5, 5.41) is 18.3. The molecular formula is C14H15N5O2. The zero-order valence-corrected chi connectivity index (χ0v) is 12.0. The number of nitrogens with zero attached hydrogens (tertiary/aromatic N) is 5. The van der Waals surface area contributed by atoms with Crippen LogP contribution in [-0.2, 0) is 13.6 Å². The van der Waals surface area contributed by atoms with Gasteiger partial charge in [0.05, 0.1) is 11.6 Å². The Labute approximate surface area is 120 Å². The second kappa shape index (κ2) is 4.69. The van der Waals surface area contributed by atoms with E-state index < -0.39 is 5.97 Å². The van der Waals surface area contributed by atoms with Crippen molar-refractivity contribution in [2.24, 2.45) is 7.05 Å². The number of aryl methyl sites for hydroxylation is 2. The Morgan fingerprint density at radius 3 is 2.76 bits per heavy atom. The highest BCUT2D eigenvalue weighted by molar-refractivity contribution is 6.07. The highest BCUT2D eigenvalue weighted by Gasteiger charge is 2.21. The fourth-order valence-corrected chi connectivity index (χ4v) is 2.58. The predicted molar refractivity (Wildman–Crippen MR) is 77.1 cm³/mol. The van der Waals surface area contributed by atoms with Crippen LogP contribution in [0.1, 0.15) is 23.1 Å². The third-order valence-corrected chi connectivity index (χ3v) is 3.62. The van der Waals surface area contributed by atoms with E-state index in [4.69, 9.17) is 0 Å². The van der Waals surface area contributed by atoms with E-state index in [9.17, 15) is 9.90 Å². The molecule has 0 aliphatic rings. The van der Waals surface area contributed by atoms with Gasteiger partial charge in [0.15, 0.2) is 11.3 Å². The lowest BCUT2D eigenvalue weighted by molar-refractivity contribution is 0.0691. The Morgan fingerprint density at radius 1 is 1.38 bits per heavy atom. The molecule has 21 heavy (non-hydrogen) atoms. The summed E-state index contributed by atoms with van der Waals surface area (Å²) < 4.78 is 3.36. The van der Waals surface area contributed by atoms with Gasteiger partial charge in [-0.05, 0) is 19.9 Å². The van der Waals surface area contributed by atoms with Crippen LogP contribution in [0.2, 0.25) is 0 Å². The van der Waals surface area contributed by atoms with Crippen molar-refractivity contribution in [1.82, 2.24) is 24.5 Å².